The van der Waals surface area contributed by atoms with Crippen molar-refractivity contribution >= 4 is 17.9 Å². The molecule has 0 radical (unpaired) electrons. The zero-order valence-corrected chi connectivity index (χ0v) is 21.1. The van der Waals surface area contributed by atoms with Gasteiger partial charge in [0.25, 0.3) is 0 Å². The zero-order valence-electron chi connectivity index (χ0n) is 21.1. The highest BCUT2D eigenvalue weighted by atomic mass is 16.6. The summed E-state index contributed by atoms with van der Waals surface area (Å²) < 4.78 is 5.22. The van der Waals surface area contributed by atoms with Gasteiger partial charge in [-0.3, -0.25) is 9.59 Å². The van der Waals surface area contributed by atoms with Gasteiger partial charge in [0.1, 0.15) is 23.4 Å². The number of aliphatic hydroxyl groups excluding tert-OH is 1. The van der Waals surface area contributed by atoms with E-state index in [-0.39, 0.29) is 17.9 Å². The first-order chi connectivity index (χ1) is 16.1. The molecule has 2 unspecified atom stereocenters. The quantitative estimate of drug-likeness (QED) is 0.322. The second-order valence-electron chi connectivity index (χ2n) is 9.23. The van der Waals surface area contributed by atoms with Crippen LogP contribution in [0.5, 0.6) is 5.75 Å². The Bertz CT molecular complexity index is 793. The van der Waals surface area contributed by atoms with Crippen molar-refractivity contribution in [1.82, 2.24) is 15.5 Å². The first kappa shape index (κ1) is 29.2. The van der Waals surface area contributed by atoms with E-state index in [1.165, 1.54) is 11.0 Å². The normalized spacial score (nSPS) is 13.0. The Labute approximate surface area is 202 Å². The standard InChI is InChI=1S/C25H41N3O6/c1-6-8-12-15-26-22(31)21(18-13-10-11-14-20(18)30)28(16-9-7-2)23(32)19(17-29)27-24(33)34-25(3,4)5/h10-11,13-14,19,21,29-30H,6-9,12,15-17H2,1-5H3,(H,26,31)(H,27,33). The van der Waals surface area contributed by atoms with Gasteiger partial charge in [0.15, 0.2) is 0 Å². The van der Waals surface area contributed by atoms with Gasteiger partial charge in [0.05, 0.1) is 6.61 Å². The van der Waals surface area contributed by atoms with Crippen molar-refractivity contribution in [3.05, 3.63) is 29.8 Å². The van der Waals surface area contributed by atoms with Crippen LogP contribution in [0.1, 0.15) is 78.3 Å². The summed E-state index contributed by atoms with van der Waals surface area (Å²) in [5, 5.41) is 25.7. The molecule has 192 valence electrons. The Morgan fingerprint density at radius 3 is 2.26 bits per heavy atom. The van der Waals surface area contributed by atoms with Crippen molar-refractivity contribution in [2.75, 3.05) is 19.7 Å². The molecule has 0 bridgehead atoms. The molecule has 0 spiro atoms. The van der Waals surface area contributed by atoms with E-state index < -0.39 is 42.2 Å². The van der Waals surface area contributed by atoms with Crippen LogP contribution in [0.3, 0.4) is 0 Å². The number of rotatable bonds is 13. The monoisotopic (exact) mass is 479 g/mol. The van der Waals surface area contributed by atoms with E-state index in [0.717, 1.165) is 25.7 Å². The number of para-hydroxylation sites is 1. The highest BCUT2D eigenvalue weighted by Crippen LogP contribution is 2.30. The Balaban J connectivity index is 3.29. The molecular formula is C25H41N3O6. The van der Waals surface area contributed by atoms with Crippen molar-refractivity contribution in [3.8, 4) is 5.75 Å². The lowest BCUT2D eigenvalue weighted by molar-refractivity contribution is -0.143. The molecular weight excluding hydrogens is 438 g/mol. The number of carbonyl (C=O) groups is 3. The van der Waals surface area contributed by atoms with Crippen LogP contribution in [0.25, 0.3) is 0 Å². The Morgan fingerprint density at radius 1 is 1.06 bits per heavy atom. The number of phenolic OH excluding ortho intramolecular Hbond substituents is 1. The topological polar surface area (TPSA) is 128 Å². The Kier molecular flexibility index (Phi) is 12.4. The minimum Gasteiger partial charge on any atom is -0.508 e. The molecule has 2 atom stereocenters. The lowest BCUT2D eigenvalue weighted by atomic mass is 10.0. The average Bonchev–Trinajstić information content (AvgIpc) is 2.77. The van der Waals surface area contributed by atoms with Crippen molar-refractivity contribution in [2.45, 2.75) is 84.4 Å². The number of aliphatic hydroxyl groups is 1. The van der Waals surface area contributed by atoms with Crippen LogP contribution in [0.2, 0.25) is 0 Å². The summed E-state index contributed by atoms with van der Waals surface area (Å²) in [6.07, 6.45) is 3.22. The minimum absolute atomic E-state index is 0.119. The van der Waals surface area contributed by atoms with Crippen molar-refractivity contribution in [2.24, 2.45) is 0 Å². The van der Waals surface area contributed by atoms with Gasteiger partial charge in [-0.25, -0.2) is 4.79 Å². The molecule has 0 saturated heterocycles. The molecule has 0 saturated carbocycles. The van der Waals surface area contributed by atoms with E-state index in [4.69, 9.17) is 4.74 Å². The summed E-state index contributed by atoms with van der Waals surface area (Å²) in [6, 6.07) is 3.92. The number of nitrogens with one attached hydrogen (secondary N) is 2. The lowest BCUT2D eigenvalue weighted by Crippen LogP contribution is -2.54. The van der Waals surface area contributed by atoms with Crippen LogP contribution in [0, 0.1) is 0 Å². The number of benzene rings is 1. The van der Waals surface area contributed by atoms with Crippen LogP contribution in [-0.2, 0) is 14.3 Å². The molecule has 0 aliphatic heterocycles. The molecule has 0 heterocycles. The van der Waals surface area contributed by atoms with Gasteiger partial charge in [-0.15, -0.1) is 0 Å². The Morgan fingerprint density at radius 2 is 1.71 bits per heavy atom. The first-order valence-electron chi connectivity index (χ1n) is 12.0. The molecule has 3 amide bonds. The third-order valence-electron chi connectivity index (χ3n) is 5.08. The summed E-state index contributed by atoms with van der Waals surface area (Å²) in [6.45, 7) is 9.03. The molecule has 0 fully saturated rings. The maximum atomic E-state index is 13.5. The number of hydrogen-bond donors (Lipinski definition) is 4. The van der Waals surface area contributed by atoms with Crippen molar-refractivity contribution in [3.63, 3.8) is 0 Å². The highest BCUT2D eigenvalue weighted by Gasteiger charge is 2.36. The fraction of sp³-hybridized carbons (Fsp3) is 0.640. The summed E-state index contributed by atoms with van der Waals surface area (Å²) >= 11 is 0. The predicted octanol–water partition coefficient (Wildman–Crippen LogP) is 3.25. The van der Waals surface area contributed by atoms with Crippen LogP contribution in [0.4, 0.5) is 4.79 Å². The number of hydrogen-bond acceptors (Lipinski definition) is 6. The molecule has 0 aromatic heterocycles. The second-order valence-corrected chi connectivity index (χ2v) is 9.23. The van der Waals surface area contributed by atoms with Crippen LogP contribution in [0.15, 0.2) is 24.3 Å². The van der Waals surface area contributed by atoms with E-state index in [1.54, 1.807) is 39.0 Å². The van der Waals surface area contributed by atoms with Crippen molar-refractivity contribution < 1.29 is 29.3 Å². The maximum absolute atomic E-state index is 13.5. The smallest absolute Gasteiger partial charge is 0.408 e. The summed E-state index contributed by atoms with van der Waals surface area (Å²) in [5.41, 5.74) is -0.514. The van der Waals surface area contributed by atoms with Gasteiger partial charge >= 0.3 is 6.09 Å². The number of alkyl carbamates (subject to hydrolysis) is 1. The van der Waals surface area contributed by atoms with E-state index in [0.29, 0.717) is 13.0 Å². The summed E-state index contributed by atoms with van der Waals surface area (Å²) in [5.74, 6) is -1.19. The molecule has 1 aromatic carbocycles. The second kappa shape index (κ2) is 14.5. The molecule has 9 heteroatoms. The number of ether oxygens (including phenoxy) is 1. The number of amides is 3. The fourth-order valence-corrected chi connectivity index (χ4v) is 3.38. The fourth-order valence-electron chi connectivity index (χ4n) is 3.38. The van der Waals surface area contributed by atoms with Gasteiger partial charge in [0.2, 0.25) is 11.8 Å². The first-order valence-corrected chi connectivity index (χ1v) is 12.0. The van der Waals surface area contributed by atoms with Gasteiger partial charge in [0, 0.05) is 18.7 Å². The van der Waals surface area contributed by atoms with Crippen LogP contribution < -0.4 is 10.6 Å². The number of carbonyl (C=O) groups excluding carboxylic acids is 3. The van der Waals surface area contributed by atoms with Gasteiger partial charge in [-0.2, -0.15) is 0 Å². The minimum atomic E-state index is -1.31. The highest BCUT2D eigenvalue weighted by molar-refractivity contribution is 5.92. The van der Waals surface area contributed by atoms with E-state index in [9.17, 15) is 24.6 Å². The van der Waals surface area contributed by atoms with Crippen molar-refractivity contribution in [1.29, 1.82) is 0 Å². The average molecular weight is 480 g/mol. The molecule has 1 rings (SSSR count). The van der Waals surface area contributed by atoms with Gasteiger partial charge < -0.3 is 30.5 Å². The van der Waals surface area contributed by atoms with Crippen LogP contribution in [-0.4, -0.2) is 64.4 Å². The maximum Gasteiger partial charge on any atom is 0.408 e. The summed E-state index contributed by atoms with van der Waals surface area (Å²) in [7, 11) is 0. The number of unbranched alkanes of at least 4 members (excludes halogenated alkanes) is 3. The number of phenols is 1. The largest absolute Gasteiger partial charge is 0.508 e. The predicted molar refractivity (Wildman–Crippen MR) is 130 cm³/mol. The van der Waals surface area contributed by atoms with Gasteiger partial charge in [-0.1, -0.05) is 51.3 Å². The SMILES string of the molecule is CCCCCNC(=O)C(c1ccccc1O)N(CCCC)C(=O)C(CO)NC(=O)OC(C)(C)C. The molecule has 0 aliphatic rings. The third-order valence-corrected chi connectivity index (χ3v) is 5.08. The number of aromatic hydroxyl groups is 1. The van der Waals surface area contributed by atoms with E-state index in [1.807, 2.05) is 6.92 Å². The van der Waals surface area contributed by atoms with E-state index in [2.05, 4.69) is 17.6 Å². The van der Waals surface area contributed by atoms with Crippen LogP contribution >= 0.6 is 0 Å². The van der Waals surface area contributed by atoms with Gasteiger partial charge in [-0.05, 0) is 39.7 Å². The molecule has 0 aliphatic carbocycles. The summed E-state index contributed by atoms with van der Waals surface area (Å²) in [4.78, 5) is 40.4. The zero-order chi connectivity index (χ0) is 25.7. The molecule has 9 nitrogen and oxygen atoms in total. The Hall–Kier alpha value is -2.81. The molecule has 4 N–H and O–H groups in total. The number of nitrogens with zero attached hydrogens (tertiary/aromatic N) is 1. The molecule has 34 heavy (non-hydrogen) atoms. The van der Waals surface area contributed by atoms with E-state index >= 15 is 0 Å². The third kappa shape index (κ3) is 9.59. The molecule has 1 aromatic rings. The lowest BCUT2D eigenvalue weighted by Gasteiger charge is -2.34.